The largest absolute Gasteiger partial charge is 0.464 e. The maximum absolute atomic E-state index is 14.3. The van der Waals surface area contributed by atoms with Gasteiger partial charge < -0.3 is 25.3 Å². The van der Waals surface area contributed by atoms with E-state index >= 15 is 0 Å². The smallest absolute Gasteiger partial charge is 0.315 e. The van der Waals surface area contributed by atoms with Gasteiger partial charge in [-0.15, -0.1) is 0 Å². The highest BCUT2D eigenvalue weighted by atomic mass is 35.5. The molecule has 0 aromatic heterocycles. The van der Waals surface area contributed by atoms with E-state index in [1.807, 2.05) is 48.5 Å². The summed E-state index contributed by atoms with van der Waals surface area (Å²) in [5.41, 5.74) is 9.62. The molecule has 0 bridgehead atoms. The molecule has 10 heteroatoms. The van der Waals surface area contributed by atoms with Crippen LogP contribution in [0.5, 0.6) is 0 Å². The van der Waals surface area contributed by atoms with E-state index in [2.05, 4.69) is 29.6 Å². The topological polar surface area (TPSA) is 136 Å². The monoisotopic (exact) mass is 642 g/mol. The zero-order valence-electron chi connectivity index (χ0n) is 25.9. The number of carbonyl (C=O) groups is 2. The van der Waals surface area contributed by atoms with Gasteiger partial charge in [-0.2, -0.15) is 5.26 Å². The highest BCUT2D eigenvalue weighted by molar-refractivity contribution is 6.30. The van der Waals surface area contributed by atoms with Gasteiger partial charge in [-0.05, 0) is 35.2 Å². The average molecular weight is 643 g/mol. The number of aliphatic imine (C=N–C) groups is 1. The molecule has 0 spiro atoms. The number of esters is 1. The highest BCUT2D eigenvalue weighted by Crippen LogP contribution is 2.41. The lowest BCUT2D eigenvalue weighted by Crippen LogP contribution is -2.42. The Morgan fingerprint density at radius 3 is 2.30 bits per heavy atom. The van der Waals surface area contributed by atoms with Gasteiger partial charge in [0.25, 0.3) is 0 Å². The number of carbonyl (C=O) groups excluding carboxylic acids is 2. The average Bonchev–Trinajstić information content (AvgIpc) is 3.07. The molecule has 0 aliphatic carbocycles. The number of methoxy groups -OCH3 is 1. The minimum atomic E-state index is -1.00. The van der Waals surface area contributed by atoms with E-state index in [1.165, 1.54) is 7.11 Å². The van der Waals surface area contributed by atoms with Gasteiger partial charge in [0.1, 0.15) is 12.5 Å². The number of nitrogens with zero attached hydrogens (tertiary/aromatic N) is 2. The molecule has 0 saturated heterocycles. The van der Waals surface area contributed by atoms with E-state index < -0.39 is 17.8 Å². The number of rotatable bonds is 16. The molecule has 1 aliphatic heterocycles. The molecular formula is C36H39ClN4O5. The van der Waals surface area contributed by atoms with Crippen LogP contribution in [-0.2, 0) is 23.8 Å². The molecule has 2 unspecified atom stereocenters. The Labute approximate surface area is 275 Å². The van der Waals surface area contributed by atoms with E-state index in [0.29, 0.717) is 35.0 Å². The van der Waals surface area contributed by atoms with E-state index in [-0.39, 0.29) is 56.8 Å². The van der Waals surface area contributed by atoms with Gasteiger partial charge in [0.2, 0.25) is 5.91 Å². The van der Waals surface area contributed by atoms with Crippen molar-refractivity contribution in [3.8, 4) is 6.07 Å². The fourth-order valence-electron chi connectivity index (χ4n) is 5.69. The number of amides is 1. The quantitative estimate of drug-likeness (QED) is 0.163. The van der Waals surface area contributed by atoms with Crippen molar-refractivity contribution in [2.75, 3.05) is 46.6 Å². The van der Waals surface area contributed by atoms with Crippen LogP contribution in [0.2, 0.25) is 5.02 Å². The number of nitrogens with two attached hydrogens (primary N) is 1. The minimum Gasteiger partial charge on any atom is -0.464 e. The maximum atomic E-state index is 14.3. The molecule has 9 nitrogen and oxygen atoms in total. The van der Waals surface area contributed by atoms with Gasteiger partial charge in [0.05, 0.1) is 43.7 Å². The Balaban J connectivity index is 1.73. The van der Waals surface area contributed by atoms with Crippen molar-refractivity contribution < 1.29 is 23.8 Å². The van der Waals surface area contributed by atoms with Gasteiger partial charge in [-0.25, -0.2) is 0 Å². The first-order chi connectivity index (χ1) is 22.5. The molecule has 2 atom stereocenters. The number of nitrogens with one attached hydrogen (secondary N) is 1. The molecule has 3 N–H and O–H groups in total. The van der Waals surface area contributed by atoms with Gasteiger partial charge >= 0.3 is 5.97 Å². The van der Waals surface area contributed by atoms with Crippen molar-refractivity contribution in [3.63, 3.8) is 0 Å². The fraction of sp³-hybridized carbons (Fsp3) is 0.333. The third-order valence-electron chi connectivity index (χ3n) is 7.67. The number of hydrogen-bond donors (Lipinski definition) is 2. The predicted octanol–water partition coefficient (Wildman–Crippen LogP) is 5.17. The first-order valence-corrected chi connectivity index (χ1v) is 15.6. The summed E-state index contributed by atoms with van der Waals surface area (Å²) in [6, 6.07) is 29.3. The minimum absolute atomic E-state index is 0.00289. The molecule has 3 aromatic carbocycles. The Hall–Kier alpha value is -4.33. The first kappa shape index (κ1) is 34.5. The predicted molar refractivity (Wildman–Crippen MR) is 177 cm³/mol. The van der Waals surface area contributed by atoms with Gasteiger partial charge in [0, 0.05) is 42.6 Å². The van der Waals surface area contributed by atoms with Gasteiger partial charge in [-0.3, -0.25) is 14.6 Å². The molecule has 240 valence electrons. The SMILES string of the molecule is COCC1=NC(COCCN)=C(C(=O)NCCC(c2ccccc2)c2ccccc2)C(c2cccc(Cl)c2)C1C(=O)OCCC#N. The van der Waals surface area contributed by atoms with Crippen LogP contribution in [0.1, 0.15) is 41.4 Å². The van der Waals surface area contributed by atoms with Crippen molar-refractivity contribution in [1.82, 2.24) is 5.32 Å². The van der Waals surface area contributed by atoms with Crippen LogP contribution >= 0.6 is 11.6 Å². The van der Waals surface area contributed by atoms with Crippen LogP contribution in [0.15, 0.2) is 101 Å². The second-order valence-electron chi connectivity index (χ2n) is 10.7. The summed E-state index contributed by atoms with van der Waals surface area (Å²) in [6.45, 7) is 0.811. The fourth-order valence-corrected chi connectivity index (χ4v) is 5.88. The zero-order valence-corrected chi connectivity index (χ0v) is 26.6. The number of hydrogen-bond acceptors (Lipinski definition) is 8. The van der Waals surface area contributed by atoms with Crippen molar-refractivity contribution in [2.24, 2.45) is 16.6 Å². The molecular weight excluding hydrogens is 604 g/mol. The molecule has 1 aliphatic rings. The molecule has 1 amide bonds. The zero-order chi connectivity index (χ0) is 32.7. The summed E-state index contributed by atoms with van der Waals surface area (Å²) in [4.78, 5) is 32.7. The molecule has 46 heavy (non-hydrogen) atoms. The Morgan fingerprint density at radius 2 is 1.70 bits per heavy atom. The summed E-state index contributed by atoms with van der Waals surface area (Å²) in [5.74, 6) is -2.76. The molecule has 0 saturated carbocycles. The summed E-state index contributed by atoms with van der Waals surface area (Å²) in [7, 11) is 1.50. The standard InChI is InChI=1S/C36H39ClN4O5/c1-44-23-30-34(36(43)46-20-9-17-38)32(27-14-8-15-28(37)22-27)33(31(41-30)24-45-21-18-39)35(42)40-19-16-29(25-10-4-2-5-11-25)26-12-6-3-7-13-26/h2-8,10-15,22,29,32,34H,9,16,18-21,23-24,39H2,1H3,(H,40,42). The van der Waals surface area contributed by atoms with Crippen LogP contribution in [-0.4, -0.2) is 64.2 Å². The Kier molecular flexibility index (Phi) is 13.5. The van der Waals surface area contributed by atoms with Crippen LogP contribution in [0.4, 0.5) is 0 Å². The van der Waals surface area contributed by atoms with Crippen molar-refractivity contribution in [3.05, 3.63) is 118 Å². The van der Waals surface area contributed by atoms with Crippen LogP contribution < -0.4 is 11.1 Å². The number of benzene rings is 3. The summed E-state index contributed by atoms with van der Waals surface area (Å²) in [6.07, 6.45) is 0.661. The lowest BCUT2D eigenvalue weighted by molar-refractivity contribution is -0.146. The molecule has 3 aromatic rings. The van der Waals surface area contributed by atoms with E-state index in [0.717, 1.165) is 11.1 Å². The molecule has 0 radical (unpaired) electrons. The van der Waals surface area contributed by atoms with Crippen molar-refractivity contribution in [1.29, 1.82) is 5.26 Å². The van der Waals surface area contributed by atoms with E-state index in [4.69, 9.17) is 41.8 Å². The number of ether oxygens (including phenoxy) is 3. The second-order valence-corrected chi connectivity index (χ2v) is 11.2. The number of nitriles is 1. The normalized spacial score (nSPS) is 16.1. The van der Waals surface area contributed by atoms with Crippen LogP contribution in [0, 0.1) is 17.2 Å². The van der Waals surface area contributed by atoms with E-state index in [1.54, 1.807) is 18.2 Å². The highest BCUT2D eigenvalue weighted by Gasteiger charge is 2.44. The third kappa shape index (κ3) is 9.12. The number of halogens is 1. The lowest BCUT2D eigenvalue weighted by atomic mass is 9.75. The molecule has 1 heterocycles. The lowest BCUT2D eigenvalue weighted by Gasteiger charge is -2.33. The van der Waals surface area contributed by atoms with Crippen molar-refractivity contribution in [2.45, 2.75) is 24.7 Å². The van der Waals surface area contributed by atoms with Gasteiger partial charge in [0.15, 0.2) is 0 Å². The maximum Gasteiger partial charge on any atom is 0.315 e. The van der Waals surface area contributed by atoms with Crippen LogP contribution in [0.3, 0.4) is 0 Å². The molecule has 4 rings (SSSR count). The summed E-state index contributed by atoms with van der Waals surface area (Å²) < 4.78 is 16.7. The van der Waals surface area contributed by atoms with Crippen molar-refractivity contribution >= 4 is 29.2 Å². The Bertz CT molecular complexity index is 1520. The summed E-state index contributed by atoms with van der Waals surface area (Å²) >= 11 is 6.43. The van der Waals surface area contributed by atoms with Crippen LogP contribution in [0.25, 0.3) is 0 Å². The van der Waals surface area contributed by atoms with Gasteiger partial charge in [-0.1, -0.05) is 84.4 Å². The Morgan fingerprint density at radius 1 is 1.00 bits per heavy atom. The third-order valence-corrected chi connectivity index (χ3v) is 7.91. The molecule has 0 fully saturated rings. The first-order valence-electron chi connectivity index (χ1n) is 15.2. The second kappa shape index (κ2) is 18.0. The summed E-state index contributed by atoms with van der Waals surface area (Å²) in [5, 5.41) is 12.6. The van der Waals surface area contributed by atoms with E-state index in [9.17, 15) is 9.59 Å².